The molecule has 0 unspecified atom stereocenters. The van der Waals surface area contributed by atoms with Gasteiger partial charge in [-0.05, 0) is 65.4 Å². The molecule has 0 N–H and O–H groups in total. The van der Waals surface area contributed by atoms with Gasteiger partial charge in [-0.1, -0.05) is 60.7 Å². The summed E-state index contributed by atoms with van der Waals surface area (Å²) in [5, 5.41) is 9.04. The molecule has 0 spiro atoms. The van der Waals surface area contributed by atoms with E-state index in [1.165, 1.54) is 11.8 Å². The Morgan fingerprint density at radius 3 is 2.37 bits per heavy atom. The first-order valence-electron chi connectivity index (χ1n) is 11.0. The quantitative estimate of drug-likeness (QED) is 0.171. The van der Waals surface area contributed by atoms with Gasteiger partial charge in [-0.25, -0.2) is 0 Å². The number of carbonyl (C=O) groups excluding carboxylic acids is 1. The SMILES string of the molecule is O=C1/C(=C/c2cccc(Oc3ccccc3)c2)S/C(=N/N=C\c2ccccc2)N1Cc1ccco1. The first-order valence-corrected chi connectivity index (χ1v) is 11.8. The van der Waals surface area contributed by atoms with Crippen molar-refractivity contribution in [1.82, 2.24) is 4.90 Å². The van der Waals surface area contributed by atoms with Gasteiger partial charge < -0.3 is 9.15 Å². The van der Waals surface area contributed by atoms with Gasteiger partial charge in [-0.3, -0.25) is 9.69 Å². The Kier molecular flexibility index (Phi) is 6.87. The third-order valence-electron chi connectivity index (χ3n) is 5.07. The second-order valence-electron chi connectivity index (χ2n) is 7.61. The standard InChI is InChI=1S/C28H21N3O3S/c32-27-26(18-22-11-7-14-24(17-22)34-23-12-5-2-6-13-23)35-28(31(27)20-25-15-8-16-33-25)30-29-19-21-9-3-1-4-10-21/h1-19H,20H2/b26-18-,29-19-,30-28+. The molecule has 3 aromatic carbocycles. The first kappa shape index (κ1) is 22.4. The van der Waals surface area contributed by atoms with Crippen LogP contribution in [0.2, 0.25) is 0 Å². The molecule has 0 radical (unpaired) electrons. The zero-order valence-electron chi connectivity index (χ0n) is 18.7. The first-order chi connectivity index (χ1) is 17.2. The minimum absolute atomic E-state index is 0.158. The zero-order valence-corrected chi connectivity index (χ0v) is 19.5. The molecule has 1 fully saturated rings. The van der Waals surface area contributed by atoms with Crippen LogP contribution in [-0.2, 0) is 11.3 Å². The van der Waals surface area contributed by atoms with Crippen LogP contribution in [-0.4, -0.2) is 22.2 Å². The molecule has 2 heterocycles. The van der Waals surface area contributed by atoms with Crippen molar-refractivity contribution in [1.29, 1.82) is 0 Å². The number of para-hydroxylation sites is 1. The number of benzene rings is 3. The molecule has 5 rings (SSSR count). The number of thioether (sulfide) groups is 1. The molecule has 1 amide bonds. The number of amidine groups is 1. The van der Waals surface area contributed by atoms with Crippen molar-refractivity contribution in [3.05, 3.63) is 125 Å². The smallest absolute Gasteiger partial charge is 0.267 e. The van der Waals surface area contributed by atoms with Crippen molar-refractivity contribution >= 4 is 35.1 Å². The van der Waals surface area contributed by atoms with Gasteiger partial charge in [-0.2, -0.15) is 5.10 Å². The van der Waals surface area contributed by atoms with E-state index in [9.17, 15) is 4.79 Å². The van der Waals surface area contributed by atoms with Gasteiger partial charge in [0.15, 0.2) is 5.17 Å². The maximum atomic E-state index is 13.3. The van der Waals surface area contributed by atoms with Gasteiger partial charge in [0.2, 0.25) is 0 Å². The Labute approximate surface area is 207 Å². The molecule has 4 aromatic rings. The normalized spacial score (nSPS) is 16.0. The third-order valence-corrected chi connectivity index (χ3v) is 6.06. The molecule has 1 aliphatic heterocycles. The average Bonchev–Trinajstić information content (AvgIpc) is 3.50. The van der Waals surface area contributed by atoms with Gasteiger partial charge >= 0.3 is 0 Å². The van der Waals surface area contributed by atoms with Gasteiger partial charge in [0.05, 0.1) is 23.9 Å². The van der Waals surface area contributed by atoms with Crippen molar-refractivity contribution in [3.63, 3.8) is 0 Å². The summed E-state index contributed by atoms with van der Waals surface area (Å²) < 4.78 is 11.4. The molecule has 0 atom stereocenters. The summed E-state index contributed by atoms with van der Waals surface area (Å²) in [5.74, 6) is 1.95. The number of carbonyl (C=O) groups is 1. The molecular weight excluding hydrogens is 458 g/mol. The molecule has 7 heteroatoms. The minimum Gasteiger partial charge on any atom is -0.467 e. The fraction of sp³-hybridized carbons (Fsp3) is 0.0357. The van der Waals surface area contributed by atoms with E-state index in [0.29, 0.717) is 21.6 Å². The molecule has 35 heavy (non-hydrogen) atoms. The van der Waals surface area contributed by atoms with Crippen LogP contribution in [0.5, 0.6) is 11.5 Å². The number of ether oxygens (including phenoxy) is 1. The number of hydrogen-bond acceptors (Lipinski definition) is 6. The van der Waals surface area contributed by atoms with Crippen LogP contribution < -0.4 is 4.74 Å². The van der Waals surface area contributed by atoms with E-state index in [0.717, 1.165) is 16.9 Å². The van der Waals surface area contributed by atoms with Crippen LogP contribution in [0.25, 0.3) is 6.08 Å². The lowest BCUT2D eigenvalue weighted by atomic mass is 10.2. The van der Waals surface area contributed by atoms with E-state index in [2.05, 4.69) is 10.2 Å². The van der Waals surface area contributed by atoms with Crippen LogP contribution in [0.15, 0.2) is 123 Å². The van der Waals surface area contributed by atoms with Crippen LogP contribution in [0.3, 0.4) is 0 Å². The zero-order chi connectivity index (χ0) is 23.9. The van der Waals surface area contributed by atoms with Crippen molar-refractivity contribution in [3.8, 4) is 11.5 Å². The van der Waals surface area contributed by atoms with E-state index in [4.69, 9.17) is 9.15 Å². The van der Waals surface area contributed by atoms with Gasteiger partial charge in [0.25, 0.3) is 5.91 Å². The summed E-state index contributed by atoms with van der Waals surface area (Å²) in [6.45, 7) is 0.271. The molecule has 172 valence electrons. The lowest BCUT2D eigenvalue weighted by Crippen LogP contribution is -2.28. The highest BCUT2D eigenvalue weighted by Gasteiger charge is 2.34. The average molecular weight is 480 g/mol. The molecule has 1 aliphatic rings. The van der Waals surface area contributed by atoms with Crippen molar-refractivity contribution < 1.29 is 13.9 Å². The highest BCUT2D eigenvalue weighted by Crippen LogP contribution is 2.34. The van der Waals surface area contributed by atoms with E-state index in [-0.39, 0.29) is 12.5 Å². The Balaban J connectivity index is 1.40. The van der Waals surface area contributed by atoms with Crippen molar-refractivity contribution in [2.24, 2.45) is 10.2 Å². The van der Waals surface area contributed by atoms with E-state index < -0.39 is 0 Å². The topological polar surface area (TPSA) is 67.4 Å². The molecule has 6 nitrogen and oxygen atoms in total. The second kappa shape index (κ2) is 10.7. The summed E-state index contributed by atoms with van der Waals surface area (Å²) in [6.07, 6.45) is 5.08. The number of amides is 1. The number of nitrogens with zero attached hydrogens (tertiary/aromatic N) is 3. The largest absolute Gasteiger partial charge is 0.467 e. The fourth-order valence-electron chi connectivity index (χ4n) is 3.41. The maximum Gasteiger partial charge on any atom is 0.267 e. The molecule has 1 aromatic heterocycles. The summed E-state index contributed by atoms with van der Waals surface area (Å²) >= 11 is 1.28. The fourth-order valence-corrected chi connectivity index (χ4v) is 4.34. The summed E-state index contributed by atoms with van der Waals surface area (Å²) in [4.78, 5) is 15.4. The molecule has 0 aliphatic carbocycles. The van der Waals surface area contributed by atoms with Crippen LogP contribution in [0, 0.1) is 0 Å². The molecule has 0 saturated carbocycles. The monoisotopic (exact) mass is 479 g/mol. The summed E-state index contributed by atoms with van der Waals surface area (Å²) in [6, 6.07) is 30.5. The van der Waals surface area contributed by atoms with Crippen LogP contribution in [0.1, 0.15) is 16.9 Å². The third kappa shape index (κ3) is 5.77. The van der Waals surface area contributed by atoms with Crippen LogP contribution in [0.4, 0.5) is 0 Å². The number of furan rings is 1. The Bertz CT molecular complexity index is 1380. The Morgan fingerprint density at radius 2 is 1.60 bits per heavy atom. The summed E-state index contributed by atoms with van der Waals surface area (Å²) in [7, 11) is 0. The van der Waals surface area contributed by atoms with E-state index in [1.807, 2.05) is 97.1 Å². The summed E-state index contributed by atoms with van der Waals surface area (Å²) in [5.41, 5.74) is 1.77. The lowest BCUT2D eigenvalue weighted by Gasteiger charge is -2.12. The van der Waals surface area contributed by atoms with E-state index >= 15 is 0 Å². The highest BCUT2D eigenvalue weighted by molar-refractivity contribution is 8.18. The van der Waals surface area contributed by atoms with Crippen molar-refractivity contribution in [2.45, 2.75) is 6.54 Å². The minimum atomic E-state index is -0.158. The predicted molar refractivity (Wildman–Crippen MR) is 139 cm³/mol. The Morgan fingerprint density at radius 1 is 0.857 bits per heavy atom. The highest BCUT2D eigenvalue weighted by atomic mass is 32.2. The lowest BCUT2D eigenvalue weighted by molar-refractivity contribution is -0.122. The van der Waals surface area contributed by atoms with Gasteiger partial charge in [0.1, 0.15) is 17.3 Å². The predicted octanol–water partition coefficient (Wildman–Crippen LogP) is 6.58. The molecule has 1 saturated heterocycles. The maximum absolute atomic E-state index is 13.3. The van der Waals surface area contributed by atoms with Crippen molar-refractivity contribution in [2.75, 3.05) is 0 Å². The van der Waals surface area contributed by atoms with Gasteiger partial charge in [-0.15, -0.1) is 5.10 Å². The van der Waals surface area contributed by atoms with Crippen LogP contribution >= 0.6 is 11.8 Å². The molecular formula is C28H21N3O3S. The van der Waals surface area contributed by atoms with Gasteiger partial charge in [0, 0.05) is 0 Å². The second-order valence-corrected chi connectivity index (χ2v) is 8.62. The Hall–Kier alpha value is -4.36. The van der Waals surface area contributed by atoms with E-state index in [1.54, 1.807) is 23.4 Å². The number of hydrogen-bond donors (Lipinski definition) is 0. The molecule has 0 bridgehead atoms. The number of rotatable bonds is 7.